The number of phosphoric acid groups is 1. The fourth-order valence-corrected chi connectivity index (χ4v) is 4.00. The van der Waals surface area contributed by atoms with Gasteiger partial charge in [0.25, 0.3) is 0 Å². The van der Waals surface area contributed by atoms with Crippen molar-refractivity contribution in [2.45, 2.75) is 52.3 Å². The molecule has 0 radical (unpaired) electrons. The number of methoxy groups -OCH3 is 1. The maximum absolute atomic E-state index is 12.5. The van der Waals surface area contributed by atoms with Crippen LogP contribution in [0.15, 0.2) is 24.3 Å². The van der Waals surface area contributed by atoms with Gasteiger partial charge in [-0.1, -0.05) is 12.1 Å². The van der Waals surface area contributed by atoms with Gasteiger partial charge in [-0.3, -0.25) is 13.6 Å². The minimum atomic E-state index is -3.60. The molecule has 2 unspecified atom stereocenters. The zero-order valence-corrected chi connectivity index (χ0v) is 18.1. The second kappa shape index (κ2) is 11.3. The number of phosphoric ester groups is 1. The molecule has 0 amide bonds. The van der Waals surface area contributed by atoms with Crippen LogP contribution in [0.4, 0.5) is 0 Å². The van der Waals surface area contributed by atoms with Crippen molar-refractivity contribution in [3.05, 3.63) is 29.8 Å². The van der Waals surface area contributed by atoms with Gasteiger partial charge in [-0.25, -0.2) is 4.57 Å². The van der Waals surface area contributed by atoms with Gasteiger partial charge in [-0.2, -0.15) is 0 Å². The number of rotatable bonds is 12. The lowest BCUT2D eigenvalue weighted by molar-refractivity contribution is -0.0753. The van der Waals surface area contributed by atoms with Crippen LogP contribution in [0.3, 0.4) is 0 Å². The third-order valence-corrected chi connectivity index (χ3v) is 5.46. The number of hydrogen-bond donors (Lipinski definition) is 0. The Morgan fingerprint density at radius 3 is 2.29 bits per heavy atom. The number of hydrogen-bond acceptors (Lipinski definition) is 8. The maximum Gasteiger partial charge on any atom is 0.475 e. The van der Waals surface area contributed by atoms with E-state index in [1.807, 2.05) is 24.3 Å². The molecule has 2 rings (SSSR count). The summed E-state index contributed by atoms with van der Waals surface area (Å²) in [5.41, 5.74) is 0.921. The second-order valence-electron chi connectivity index (χ2n) is 6.86. The summed E-state index contributed by atoms with van der Waals surface area (Å²) >= 11 is 0. The van der Waals surface area contributed by atoms with Gasteiger partial charge in [0.1, 0.15) is 11.9 Å². The Balaban J connectivity index is 1.68. The van der Waals surface area contributed by atoms with Crippen molar-refractivity contribution < 1.29 is 37.1 Å². The van der Waals surface area contributed by atoms with Gasteiger partial charge >= 0.3 is 7.82 Å². The highest BCUT2D eigenvalue weighted by molar-refractivity contribution is 7.48. The van der Waals surface area contributed by atoms with Crippen LogP contribution in [-0.4, -0.2) is 51.8 Å². The van der Waals surface area contributed by atoms with Crippen molar-refractivity contribution in [1.82, 2.24) is 0 Å². The fraction of sp³-hybridized carbons (Fsp3) is 0.684. The molecule has 1 saturated heterocycles. The lowest BCUT2D eigenvalue weighted by Gasteiger charge is -2.21. The normalized spacial score (nSPS) is 20.2. The van der Waals surface area contributed by atoms with Crippen molar-refractivity contribution in [2.24, 2.45) is 0 Å². The Kier molecular flexibility index (Phi) is 9.37. The summed E-state index contributed by atoms with van der Waals surface area (Å²) in [5, 5.41) is 0. The maximum atomic E-state index is 12.5. The molecular formula is C19H31O8P. The van der Waals surface area contributed by atoms with Crippen LogP contribution in [0.1, 0.15) is 39.5 Å². The molecule has 2 atom stereocenters. The minimum Gasteiger partial charge on any atom is -0.497 e. The Morgan fingerprint density at radius 2 is 1.71 bits per heavy atom. The highest BCUT2D eigenvalue weighted by Gasteiger charge is 2.30. The molecule has 8 nitrogen and oxygen atoms in total. The molecule has 9 heteroatoms. The van der Waals surface area contributed by atoms with E-state index in [1.54, 1.807) is 34.8 Å². The zero-order chi connectivity index (χ0) is 20.6. The molecule has 28 heavy (non-hydrogen) atoms. The smallest absolute Gasteiger partial charge is 0.475 e. The third kappa shape index (κ3) is 7.79. The highest BCUT2D eigenvalue weighted by atomic mass is 31.2. The lowest BCUT2D eigenvalue weighted by Crippen LogP contribution is -2.20. The van der Waals surface area contributed by atoms with E-state index in [0.717, 1.165) is 11.3 Å². The van der Waals surface area contributed by atoms with Crippen LogP contribution in [0.5, 0.6) is 5.75 Å². The average molecular weight is 418 g/mol. The van der Waals surface area contributed by atoms with Crippen molar-refractivity contribution in [3.8, 4) is 5.75 Å². The summed E-state index contributed by atoms with van der Waals surface area (Å²) < 4.78 is 50.7. The van der Waals surface area contributed by atoms with Crippen LogP contribution in [0.2, 0.25) is 0 Å². The van der Waals surface area contributed by atoms with E-state index >= 15 is 0 Å². The molecule has 160 valence electrons. The molecule has 1 aromatic carbocycles. The van der Waals surface area contributed by atoms with Crippen molar-refractivity contribution in [1.29, 1.82) is 0 Å². The van der Waals surface area contributed by atoms with Gasteiger partial charge in [0.2, 0.25) is 0 Å². The Labute approximate surface area is 167 Å². The molecule has 1 aliphatic heterocycles. The first kappa shape index (κ1) is 23.3. The van der Waals surface area contributed by atoms with Crippen molar-refractivity contribution in [3.63, 3.8) is 0 Å². The first-order valence-electron chi connectivity index (χ1n) is 9.41. The Hall–Kier alpha value is -0.990. The largest absolute Gasteiger partial charge is 0.497 e. The van der Waals surface area contributed by atoms with E-state index in [1.165, 1.54) is 0 Å². The molecule has 0 spiro atoms. The second-order valence-corrected chi connectivity index (χ2v) is 8.43. The Bertz CT molecular complexity index is 605. The topological polar surface area (TPSA) is 81.7 Å². The molecule has 0 bridgehead atoms. The van der Waals surface area contributed by atoms with Crippen LogP contribution in [0, 0.1) is 0 Å². The molecule has 1 aliphatic rings. The van der Waals surface area contributed by atoms with Gasteiger partial charge in [0.15, 0.2) is 6.29 Å². The summed E-state index contributed by atoms with van der Waals surface area (Å²) in [6.45, 7) is 8.19. The Morgan fingerprint density at radius 1 is 1.07 bits per heavy atom. The first-order chi connectivity index (χ1) is 13.3. The summed E-state index contributed by atoms with van der Waals surface area (Å²) in [6.07, 6.45) is -1.15. The first-order valence-corrected chi connectivity index (χ1v) is 10.9. The lowest BCUT2D eigenvalue weighted by atomic mass is 10.2. The minimum absolute atomic E-state index is 0.0895. The van der Waals surface area contributed by atoms with Crippen LogP contribution >= 0.6 is 7.82 Å². The van der Waals surface area contributed by atoms with Gasteiger partial charge in [0, 0.05) is 5.56 Å². The molecular weight excluding hydrogens is 387 g/mol. The van der Waals surface area contributed by atoms with E-state index in [9.17, 15) is 4.57 Å². The predicted octanol–water partition coefficient (Wildman–Crippen LogP) is 4.10. The monoisotopic (exact) mass is 418 g/mol. The van der Waals surface area contributed by atoms with E-state index in [2.05, 4.69) is 0 Å². The standard InChI is InChI=1S/C19H31O8P/c1-14(2)26-28(20,27-15(3)4)24-11-10-22-12-18-13-23-19(25-18)16-6-8-17(21-5)9-7-16/h6-9,14-15,18-19H,10-13H2,1-5H3. The number of benzene rings is 1. The third-order valence-electron chi connectivity index (χ3n) is 3.60. The predicted molar refractivity (Wildman–Crippen MR) is 103 cm³/mol. The van der Waals surface area contributed by atoms with Gasteiger partial charge in [-0.15, -0.1) is 0 Å². The summed E-state index contributed by atoms with van der Waals surface area (Å²) in [7, 11) is -1.98. The average Bonchev–Trinajstić information content (AvgIpc) is 3.09. The summed E-state index contributed by atoms with van der Waals surface area (Å²) in [5.74, 6) is 0.779. The van der Waals surface area contributed by atoms with Crippen LogP contribution < -0.4 is 4.74 Å². The SMILES string of the molecule is COc1ccc(C2OCC(COCCOP(=O)(OC(C)C)OC(C)C)O2)cc1. The molecule has 1 heterocycles. The zero-order valence-electron chi connectivity index (χ0n) is 17.2. The van der Waals surface area contributed by atoms with Gasteiger partial charge < -0.3 is 18.9 Å². The van der Waals surface area contributed by atoms with E-state index in [0.29, 0.717) is 13.2 Å². The van der Waals surface area contributed by atoms with E-state index in [4.69, 9.17) is 32.5 Å². The van der Waals surface area contributed by atoms with Crippen LogP contribution in [-0.2, 0) is 32.3 Å². The van der Waals surface area contributed by atoms with Gasteiger partial charge in [0.05, 0.1) is 45.7 Å². The van der Waals surface area contributed by atoms with Crippen molar-refractivity contribution in [2.75, 3.05) is 33.5 Å². The molecule has 0 N–H and O–H groups in total. The van der Waals surface area contributed by atoms with E-state index in [-0.39, 0.29) is 31.5 Å². The molecule has 0 aliphatic carbocycles. The molecule has 1 aromatic rings. The summed E-state index contributed by atoms with van der Waals surface area (Å²) in [6, 6.07) is 7.53. The van der Waals surface area contributed by atoms with E-state index < -0.39 is 14.1 Å². The molecule has 0 saturated carbocycles. The molecule has 0 aromatic heterocycles. The highest BCUT2D eigenvalue weighted by Crippen LogP contribution is 2.51. The number of ether oxygens (including phenoxy) is 4. The van der Waals surface area contributed by atoms with Crippen LogP contribution in [0.25, 0.3) is 0 Å². The molecule has 1 fully saturated rings. The quantitative estimate of drug-likeness (QED) is 0.371. The van der Waals surface area contributed by atoms with Crippen molar-refractivity contribution >= 4 is 7.82 Å². The fourth-order valence-electron chi connectivity index (χ4n) is 2.50. The van der Waals surface area contributed by atoms with Gasteiger partial charge in [-0.05, 0) is 39.8 Å². The summed E-state index contributed by atoms with van der Waals surface area (Å²) in [4.78, 5) is 0.